The van der Waals surface area contributed by atoms with E-state index in [1.54, 1.807) is 28.5 Å². The van der Waals surface area contributed by atoms with Crippen molar-refractivity contribution in [2.75, 3.05) is 32.4 Å². The fourth-order valence-electron chi connectivity index (χ4n) is 2.36. The van der Waals surface area contributed by atoms with Gasteiger partial charge in [-0.3, -0.25) is 14.3 Å². The predicted octanol–water partition coefficient (Wildman–Crippen LogP) is 0.0979. The topological polar surface area (TPSA) is 84.5 Å². The van der Waals surface area contributed by atoms with Crippen LogP contribution in [0, 0.1) is 6.92 Å². The summed E-state index contributed by atoms with van der Waals surface area (Å²) >= 11 is 0. The molecule has 1 saturated heterocycles. The summed E-state index contributed by atoms with van der Waals surface area (Å²) < 4.78 is 1.60. The van der Waals surface area contributed by atoms with Crippen molar-refractivity contribution in [1.82, 2.24) is 19.6 Å². The van der Waals surface area contributed by atoms with Crippen LogP contribution in [0.25, 0.3) is 0 Å². The van der Waals surface area contributed by atoms with Crippen LogP contribution in [-0.2, 0) is 11.3 Å². The maximum atomic E-state index is 12.6. The summed E-state index contributed by atoms with van der Waals surface area (Å²) in [5.74, 6) is -0.262. The summed E-state index contributed by atoms with van der Waals surface area (Å²) in [6.07, 6.45) is 0.771. The van der Waals surface area contributed by atoms with Gasteiger partial charge in [0.1, 0.15) is 12.2 Å². The lowest BCUT2D eigenvalue weighted by molar-refractivity contribution is -0.129. The van der Waals surface area contributed by atoms with Crippen LogP contribution in [0.2, 0.25) is 0 Å². The minimum Gasteiger partial charge on any atom is -0.395 e. The predicted molar refractivity (Wildman–Crippen MR) is 75.2 cm³/mol. The second-order valence-electron chi connectivity index (χ2n) is 5.06. The molecule has 1 aromatic heterocycles. The van der Waals surface area contributed by atoms with Crippen LogP contribution >= 0.6 is 0 Å². The van der Waals surface area contributed by atoms with Crippen LogP contribution in [0.4, 0.5) is 5.69 Å². The summed E-state index contributed by atoms with van der Waals surface area (Å²) in [4.78, 5) is 27.7. The molecule has 1 aliphatic heterocycles. The third kappa shape index (κ3) is 2.48. The number of aromatic nitrogens is 2. The van der Waals surface area contributed by atoms with E-state index in [1.165, 1.54) is 0 Å². The molecule has 1 aliphatic rings. The number of carbonyl (C=O) groups is 2. The van der Waals surface area contributed by atoms with Crippen LogP contribution in [0.5, 0.6) is 0 Å². The first-order valence-corrected chi connectivity index (χ1v) is 6.81. The van der Waals surface area contributed by atoms with Crippen LogP contribution < -0.4 is 5.73 Å². The van der Waals surface area contributed by atoms with E-state index in [9.17, 15) is 9.59 Å². The molecule has 1 aromatic rings. The highest BCUT2D eigenvalue weighted by Gasteiger charge is 2.28. The fraction of sp³-hybridized carbons (Fsp3) is 0.615. The molecule has 2 rings (SSSR count). The number of aryl methyl sites for hydroxylation is 2. The summed E-state index contributed by atoms with van der Waals surface area (Å²) in [6.45, 7) is 5.58. The smallest absolute Gasteiger partial charge is 0.274 e. The Morgan fingerprint density at radius 3 is 2.75 bits per heavy atom. The first-order valence-electron chi connectivity index (χ1n) is 6.81. The van der Waals surface area contributed by atoms with Crippen LogP contribution in [0.3, 0.4) is 0 Å². The van der Waals surface area contributed by atoms with Crippen LogP contribution in [0.1, 0.15) is 29.5 Å². The van der Waals surface area contributed by atoms with Gasteiger partial charge in [0.25, 0.3) is 5.91 Å². The molecule has 2 N–H and O–H groups in total. The number of rotatable bonds is 2. The first kappa shape index (κ1) is 14.4. The van der Waals surface area contributed by atoms with Crippen molar-refractivity contribution in [3.05, 3.63) is 11.4 Å². The average Bonchev–Trinajstić information content (AvgIpc) is 2.60. The van der Waals surface area contributed by atoms with Gasteiger partial charge in [0, 0.05) is 26.7 Å². The number of hydrogen-bond acceptors (Lipinski definition) is 4. The van der Waals surface area contributed by atoms with E-state index in [0.717, 1.165) is 6.42 Å². The van der Waals surface area contributed by atoms with E-state index >= 15 is 0 Å². The van der Waals surface area contributed by atoms with Crippen molar-refractivity contribution in [3.63, 3.8) is 0 Å². The molecule has 20 heavy (non-hydrogen) atoms. The zero-order valence-electron chi connectivity index (χ0n) is 12.2. The molecular formula is C13H21N5O2. The zero-order chi connectivity index (χ0) is 14.9. The Morgan fingerprint density at radius 2 is 2.10 bits per heavy atom. The second-order valence-corrected chi connectivity index (χ2v) is 5.06. The molecule has 0 spiro atoms. The number of carbonyl (C=O) groups excluding carboxylic acids is 2. The zero-order valence-corrected chi connectivity index (χ0v) is 12.2. The average molecular weight is 279 g/mol. The van der Waals surface area contributed by atoms with Gasteiger partial charge in [-0.15, -0.1) is 0 Å². The number of likely N-dealkylation sites (N-methyl/N-ethyl adjacent to an activating group) is 1. The van der Waals surface area contributed by atoms with Gasteiger partial charge in [-0.1, -0.05) is 0 Å². The lowest BCUT2D eigenvalue weighted by atomic mass is 10.2. The molecule has 0 aromatic carbocycles. The third-order valence-corrected chi connectivity index (χ3v) is 3.64. The minimum absolute atomic E-state index is 0.0475. The van der Waals surface area contributed by atoms with E-state index in [4.69, 9.17) is 5.73 Å². The van der Waals surface area contributed by atoms with Crippen LogP contribution in [-0.4, -0.2) is 58.1 Å². The molecule has 0 atom stereocenters. The van der Waals surface area contributed by atoms with Crippen molar-refractivity contribution >= 4 is 17.5 Å². The summed E-state index contributed by atoms with van der Waals surface area (Å²) in [5, 5.41) is 4.25. The Balaban J connectivity index is 2.29. The number of nitrogens with zero attached hydrogens (tertiary/aromatic N) is 4. The van der Waals surface area contributed by atoms with Gasteiger partial charge in [-0.25, -0.2) is 0 Å². The highest BCUT2D eigenvalue weighted by Crippen LogP contribution is 2.19. The van der Waals surface area contributed by atoms with Crippen molar-refractivity contribution in [2.45, 2.75) is 26.8 Å². The maximum absolute atomic E-state index is 12.6. The number of nitrogens with two attached hydrogens (primary N) is 1. The van der Waals surface area contributed by atoms with E-state index in [-0.39, 0.29) is 18.4 Å². The molecule has 1 fully saturated rings. The van der Waals surface area contributed by atoms with Gasteiger partial charge >= 0.3 is 0 Å². The molecule has 7 heteroatoms. The minimum atomic E-state index is -0.214. The molecule has 0 radical (unpaired) electrons. The van der Waals surface area contributed by atoms with Gasteiger partial charge in [0.15, 0.2) is 0 Å². The fourth-order valence-corrected chi connectivity index (χ4v) is 2.36. The molecule has 2 amide bonds. The van der Waals surface area contributed by atoms with Crippen LogP contribution in [0.15, 0.2) is 0 Å². The number of anilines is 1. The van der Waals surface area contributed by atoms with Gasteiger partial charge in [0.2, 0.25) is 5.91 Å². The van der Waals surface area contributed by atoms with E-state index in [1.807, 2.05) is 6.92 Å². The monoisotopic (exact) mass is 279 g/mol. The van der Waals surface area contributed by atoms with Gasteiger partial charge in [-0.2, -0.15) is 5.10 Å². The van der Waals surface area contributed by atoms with E-state index < -0.39 is 0 Å². The molecule has 2 heterocycles. The Morgan fingerprint density at radius 1 is 1.40 bits per heavy atom. The number of hydrogen-bond donors (Lipinski definition) is 1. The molecule has 0 bridgehead atoms. The van der Waals surface area contributed by atoms with E-state index in [0.29, 0.717) is 36.7 Å². The van der Waals surface area contributed by atoms with Crippen molar-refractivity contribution in [3.8, 4) is 0 Å². The first-order chi connectivity index (χ1) is 9.45. The quantitative estimate of drug-likeness (QED) is 0.832. The summed E-state index contributed by atoms with van der Waals surface area (Å²) in [7, 11) is 1.76. The molecule has 7 nitrogen and oxygen atoms in total. The second kappa shape index (κ2) is 5.52. The summed E-state index contributed by atoms with van der Waals surface area (Å²) in [6, 6.07) is 0. The molecule has 0 unspecified atom stereocenters. The molecule has 0 aliphatic carbocycles. The van der Waals surface area contributed by atoms with Gasteiger partial charge in [-0.05, 0) is 20.3 Å². The lowest BCUT2D eigenvalue weighted by Crippen LogP contribution is -2.39. The molecule has 0 saturated carbocycles. The maximum Gasteiger partial charge on any atom is 0.274 e. The Bertz CT molecular complexity index is 537. The highest BCUT2D eigenvalue weighted by molar-refractivity contribution is 5.99. The van der Waals surface area contributed by atoms with Crippen molar-refractivity contribution < 1.29 is 9.59 Å². The Hall–Kier alpha value is -2.05. The third-order valence-electron chi connectivity index (χ3n) is 3.64. The summed E-state index contributed by atoms with van der Waals surface area (Å²) in [5.41, 5.74) is 7.40. The largest absolute Gasteiger partial charge is 0.395 e. The Labute approximate surface area is 118 Å². The number of nitrogen functional groups attached to an aromatic ring is 1. The highest BCUT2D eigenvalue weighted by atomic mass is 16.2. The normalized spacial score (nSPS) is 16.4. The van der Waals surface area contributed by atoms with E-state index in [2.05, 4.69) is 5.10 Å². The van der Waals surface area contributed by atoms with Gasteiger partial charge < -0.3 is 15.5 Å². The van der Waals surface area contributed by atoms with Crippen molar-refractivity contribution in [1.29, 1.82) is 0 Å². The Kier molecular flexibility index (Phi) is 3.96. The lowest BCUT2D eigenvalue weighted by Gasteiger charge is -2.20. The number of amides is 2. The van der Waals surface area contributed by atoms with Crippen molar-refractivity contribution in [2.24, 2.45) is 0 Å². The molecule has 110 valence electrons. The SMILES string of the molecule is CCn1nc(C)c(N)c1C(=O)N1CCCN(C)C(=O)C1. The van der Waals surface area contributed by atoms with Gasteiger partial charge in [0.05, 0.1) is 11.4 Å². The standard InChI is InChI=1S/C13H21N5O2/c1-4-18-12(11(14)9(2)15-18)13(20)17-7-5-6-16(3)10(19)8-17/h4-8,14H2,1-3H3. The molecular weight excluding hydrogens is 258 g/mol.